The van der Waals surface area contributed by atoms with Crippen LogP contribution in [0.3, 0.4) is 0 Å². The number of nitrogens with zero attached hydrogens (tertiary/aromatic N) is 3. The Balaban J connectivity index is 2.16. The van der Waals surface area contributed by atoms with Crippen LogP contribution in [0, 0.1) is 0 Å². The molecule has 1 aromatic carbocycles. The molecule has 1 saturated heterocycles. The van der Waals surface area contributed by atoms with Gasteiger partial charge in [-0.25, -0.2) is 4.79 Å². The van der Waals surface area contributed by atoms with Gasteiger partial charge in [-0.05, 0) is 32.0 Å². The number of anilines is 1. The van der Waals surface area contributed by atoms with Crippen molar-refractivity contribution in [1.82, 2.24) is 4.90 Å². The molecule has 0 unspecified atom stereocenters. The van der Waals surface area contributed by atoms with Crippen LogP contribution in [-0.2, 0) is 14.3 Å². The van der Waals surface area contributed by atoms with Crippen LogP contribution in [0.25, 0.3) is 0 Å². The lowest BCUT2D eigenvalue weighted by molar-refractivity contribution is -0.128. The minimum Gasteiger partial charge on any atom is -0.508 e. The number of carbonyl (C=O) groups excluding carboxylic acids is 3. The second kappa shape index (κ2) is 8.48. The van der Waals surface area contributed by atoms with E-state index in [4.69, 9.17) is 0 Å². The van der Waals surface area contributed by atoms with Crippen molar-refractivity contribution in [3.63, 3.8) is 0 Å². The predicted molar refractivity (Wildman–Crippen MR) is 98.5 cm³/mol. The average molecular weight is 378 g/mol. The van der Waals surface area contributed by atoms with Crippen LogP contribution in [0.2, 0.25) is 0 Å². The van der Waals surface area contributed by atoms with Gasteiger partial charge in [-0.2, -0.15) is 5.10 Å². The summed E-state index contributed by atoms with van der Waals surface area (Å²) in [4.78, 5) is 37.3. The van der Waals surface area contributed by atoms with Gasteiger partial charge >= 0.3 is 5.97 Å². The Labute approximate surface area is 154 Å². The van der Waals surface area contributed by atoms with Gasteiger partial charge in [0.05, 0.1) is 24.1 Å². The summed E-state index contributed by atoms with van der Waals surface area (Å²) in [7, 11) is 1.19. The number of carbonyl (C=O) groups is 3. The van der Waals surface area contributed by atoms with Crippen LogP contribution >= 0.6 is 11.8 Å². The van der Waals surface area contributed by atoms with Crippen molar-refractivity contribution < 1.29 is 24.2 Å². The third-order valence-corrected chi connectivity index (χ3v) is 4.13. The van der Waals surface area contributed by atoms with Gasteiger partial charge in [-0.3, -0.25) is 14.5 Å². The molecule has 9 nitrogen and oxygen atoms in total. The summed E-state index contributed by atoms with van der Waals surface area (Å²) >= 11 is 1.19. The lowest BCUT2D eigenvalue weighted by atomic mass is 10.1. The molecule has 2 N–H and O–H groups in total. The van der Waals surface area contributed by atoms with E-state index in [1.54, 1.807) is 13.8 Å². The number of amidine groups is 1. The molecular formula is C16H18N4O5S. The first-order chi connectivity index (χ1) is 12.3. The van der Waals surface area contributed by atoms with Gasteiger partial charge in [-0.15, -0.1) is 5.10 Å². The standard InChI is InChI=1S/C16H18N4O5S/c1-9(2)18-19-16-20(14(23)8-26-16)7-13(22)17-12-5-4-10(21)6-11(12)15(24)25-3/h4-6,21H,7-8H2,1-3H3,(H,17,22). The van der Waals surface area contributed by atoms with E-state index in [1.807, 2.05) is 0 Å². The van der Waals surface area contributed by atoms with Crippen LogP contribution in [0.1, 0.15) is 24.2 Å². The normalized spacial score (nSPS) is 15.1. The Morgan fingerprint density at radius 2 is 2.12 bits per heavy atom. The zero-order valence-corrected chi connectivity index (χ0v) is 15.3. The van der Waals surface area contributed by atoms with Crippen molar-refractivity contribution in [1.29, 1.82) is 0 Å². The highest BCUT2D eigenvalue weighted by molar-refractivity contribution is 8.15. The van der Waals surface area contributed by atoms with Crippen LogP contribution in [0.15, 0.2) is 28.4 Å². The number of phenols is 1. The molecule has 138 valence electrons. The highest BCUT2D eigenvalue weighted by Crippen LogP contribution is 2.23. The molecule has 2 amide bonds. The van der Waals surface area contributed by atoms with Gasteiger partial charge in [0, 0.05) is 5.71 Å². The fraction of sp³-hybridized carbons (Fsp3) is 0.312. The van der Waals surface area contributed by atoms with Crippen molar-refractivity contribution in [3.05, 3.63) is 23.8 Å². The molecule has 10 heteroatoms. The topological polar surface area (TPSA) is 121 Å². The SMILES string of the molecule is COC(=O)c1cc(O)ccc1NC(=O)CN1C(=O)CSC1=NN=C(C)C. The number of nitrogens with one attached hydrogen (secondary N) is 1. The second-order valence-electron chi connectivity index (χ2n) is 5.47. The molecule has 0 aliphatic carbocycles. The maximum atomic E-state index is 12.3. The number of benzene rings is 1. The molecule has 1 heterocycles. The van der Waals surface area contributed by atoms with Crippen molar-refractivity contribution in [2.75, 3.05) is 24.7 Å². The van der Waals surface area contributed by atoms with Gasteiger partial charge in [0.15, 0.2) is 5.17 Å². The van der Waals surface area contributed by atoms with E-state index in [-0.39, 0.29) is 35.2 Å². The first-order valence-corrected chi connectivity index (χ1v) is 8.53. The summed E-state index contributed by atoms with van der Waals surface area (Å²) in [5.74, 6) is -1.46. The van der Waals surface area contributed by atoms with Crippen molar-refractivity contribution in [2.45, 2.75) is 13.8 Å². The van der Waals surface area contributed by atoms with Crippen LogP contribution in [0.5, 0.6) is 5.75 Å². The molecule has 1 aromatic rings. The van der Waals surface area contributed by atoms with Gasteiger partial charge < -0.3 is 15.2 Å². The Hall–Kier alpha value is -2.88. The molecule has 0 spiro atoms. The van der Waals surface area contributed by atoms with Gasteiger partial charge in [-0.1, -0.05) is 11.8 Å². The number of thioether (sulfide) groups is 1. The zero-order valence-electron chi connectivity index (χ0n) is 14.5. The third kappa shape index (κ3) is 4.82. The monoisotopic (exact) mass is 378 g/mol. The molecular weight excluding hydrogens is 360 g/mol. The highest BCUT2D eigenvalue weighted by atomic mass is 32.2. The number of hydrogen-bond donors (Lipinski definition) is 2. The van der Waals surface area contributed by atoms with Crippen LogP contribution in [0.4, 0.5) is 5.69 Å². The number of aromatic hydroxyl groups is 1. The summed E-state index contributed by atoms with van der Waals surface area (Å²) < 4.78 is 4.63. The first kappa shape index (κ1) is 19.4. The molecule has 0 aromatic heterocycles. The molecule has 0 atom stereocenters. The molecule has 1 fully saturated rings. The molecule has 1 aliphatic rings. The van der Waals surface area contributed by atoms with Gasteiger partial charge in [0.25, 0.3) is 0 Å². The fourth-order valence-corrected chi connectivity index (χ4v) is 2.85. The van der Waals surface area contributed by atoms with Crippen molar-refractivity contribution >= 4 is 46.1 Å². The quantitative estimate of drug-likeness (QED) is 0.346. The van der Waals surface area contributed by atoms with E-state index in [9.17, 15) is 19.5 Å². The number of rotatable bonds is 5. The Bertz CT molecular complexity index is 802. The van der Waals surface area contributed by atoms with Crippen LogP contribution in [-0.4, -0.2) is 58.1 Å². The van der Waals surface area contributed by atoms with E-state index in [2.05, 4.69) is 20.3 Å². The minimum absolute atomic E-state index is 0.00284. The van der Waals surface area contributed by atoms with Crippen molar-refractivity contribution in [3.8, 4) is 5.75 Å². The lowest BCUT2D eigenvalue weighted by Crippen LogP contribution is -2.37. The predicted octanol–water partition coefficient (Wildman–Crippen LogP) is 1.44. The largest absolute Gasteiger partial charge is 0.508 e. The lowest BCUT2D eigenvalue weighted by Gasteiger charge is -2.16. The first-order valence-electron chi connectivity index (χ1n) is 7.55. The molecule has 26 heavy (non-hydrogen) atoms. The Morgan fingerprint density at radius 1 is 1.38 bits per heavy atom. The zero-order chi connectivity index (χ0) is 19.3. The van der Waals surface area contributed by atoms with Gasteiger partial charge in [0.2, 0.25) is 11.8 Å². The molecule has 0 bridgehead atoms. The smallest absolute Gasteiger partial charge is 0.340 e. The van der Waals surface area contributed by atoms with Crippen LogP contribution < -0.4 is 5.32 Å². The van der Waals surface area contributed by atoms with E-state index in [0.717, 1.165) is 0 Å². The maximum Gasteiger partial charge on any atom is 0.340 e. The van der Waals surface area contributed by atoms with E-state index < -0.39 is 11.9 Å². The van der Waals surface area contributed by atoms with E-state index in [1.165, 1.54) is 42.0 Å². The number of esters is 1. The Morgan fingerprint density at radius 3 is 2.77 bits per heavy atom. The third-order valence-electron chi connectivity index (χ3n) is 3.18. The van der Waals surface area contributed by atoms with E-state index in [0.29, 0.717) is 10.9 Å². The summed E-state index contributed by atoms with van der Waals surface area (Å²) in [5, 5.41) is 20.3. The number of amides is 2. The molecule has 2 rings (SSSR count). The van der Waals surface area contributed by atoms with Gasteiger partial charge in [0.1, 0.15) is 12.3 Å². The second-order valence-corrected chi connectivity index (χ2v) is 6.41. The number of methoxy groups -OCH3 is 1. The number of hydrogen-bond acceptors (Lipinski definition) is 8. The fourth-order valence-electron chi connectivity index (χ4n) is 2.02. The summed E-state index contributed by atoms with van der Waals surface area (Å²) in [6.07, 6.45) is 0. The van der Waals surface area contributed by atoms with E-state index >= 15 is 0 Å². The summed E-state index contributed by atoms with van der Waals surface area (Å²) in [6, 6.07) is 3.88. The minimum atomic E-state index is -0.709. The molecule has 0 saturated carbocycles. The molecule has 0 radical (unpaired) electrons. The number of ether oxygens (including phenoxy) is 1. The highest BCUT2D eigenvalue weighted by Gasteiger charge is 2.30. The summed E-state index contributed by atoms with van der Waals surface area (Å²) in [6.45, 7) is 3.26. The Kier molecular flexibility index (Phi) is 6.34. The summed E-state index contributed by atoms with van der Waals surface area (Å²) in [5.41, 5.74) is 0.886. The maximum absolute atomic E-state index is 12.3. The molecule has 1 aliphatic heterocycles. The number of phenolic OH excluding ortho intramolecular Hbond substituents is 1. The van der Waals surface area contributed by atoms with Crippen molar-refractivity contribution in [2.24, 2.45) is 10.2 Å². The average Bonchev–Trinajstić information content (AvgIpc) is 2.94.